The summed E-state index contributed by atoms with van der Waals surface area (Å²) >= 11 is 0. The van der Waals surface area contributed by atoms with Gasteiger partial charge in [0.2, 0.25) is 5.91 Å². The molecule has 0 bridgehead atoms. The van der Waals surface area contributed by atoms with E-state index in [1.165, 1.54) is 44.9 Å². The number of nitriles is 1. The third kappa shape index (κ3) is 4.73. The lowest BCUT2D eigenvalue weighted by Gasteiger charge is -2.35. The summed E-state index contributed by atoms with van der Waals surface area (Å²) in [6.45, 7) is 2.22. The fraction of sp³-hybridized carbons (Fsp3) is 0.889. The van der Waals surface area contributed by atoms with Crippen molar-refractivity contribution in [3.05, 3.63) is 0 Å². The Morgan fingerprint density at radius 1 is 1.10 bits per heavy atom. The first-order valence-electron chi connectivity index (χ1n) is 8.89. The molecule has 2 saturated carbocycles. The molecule has 0 aromatic rings. The zero-order chi connectivity index (χ0) is 15.1. The van der Waals surface area contributed by atoms with E-state index in [-0.39, 0.29) is 5.91 Å². The molecule has 2 aliphatic carbocycles. The average Bonchev–Trinajstić information content (AvgIpc) is 2.76. The van der Waals surface area contributed by atoms with Crippen molar-refractivity contribution in [2.75, 3.05) is 0 Å². The molecule has 118 valence electrons. The topological polar surface area (TPSA) is 52.9 Å². The van der Waals surface area contributed by atoms with Crippen LogP contribution in [0.5, 0.6) is 0 Å². The van der Waals surface area contributed by atoms with Gasteiger partial charge in [-0.15, -0.1) is 0 Å². The van der Waals surface area contributed by atoms with E-state index in [2.05, 4.69) is 18.3 Å². The summed E-state index contributed by atoms with van der Waals surface area (Å²) in [7, 11) is 0. The molecule has 2 rings (SSSR count). The first kappa shape index (κ1) is 16.3. The van der Waals surface area contributed by atoms with E-state index in [1.807, 2.05) is 0 Å². The van der Waals surface area contributed by atoms with Gasteiger partial charge >= 0.3 is 0 Å². The van der Waals surface area contributed by atoms with Crippen LogP contribution in [-0.2, 0) is 4.79 Å². The van der Waals surface area contributed by atoms with Gasteiger partial charge in [0.25, 0.3) is 0 Å². The highest BCUT2D eigenvalue weighted by molar-refractivity contribution is 5.77. The molecule has 0 spiro atoms. The minimum absolute atomic E-state index is 0.110. The maximum absolute atomic E-state index is 12.3. The lowest BCUT2D eigenvalue weighted by atomic mass is 9.76. The molecule has 0 aromatic heterocycles. The number of nitrogens with zero attached hydrogens (tertiary/aromatic N) is 1. The number of carbonyl (C=O) groups is 1. The first-order chi connectivity index (χ1) is 10.2. The van der Waals surface area contributed by atoms with Crippen LogP contribution in [-0.4, -0.2) is 11.4 Å². The van der Waals surface area contributed by atoms with Gasteiger partial charge in [-0.3, -0.25) is 4.79 Å². The molecule has 0 atom stereocenters. The number of rotatable bonds is 4. The van der Waals surface area contributed by atoms with E-state index in [1.54, 1.807) is 0 Å². The second-order valence-corrected chi connectivity index (χ2v) is 7.16. The molecule has 0 saturated heterocycles. The second kappa shape index (κ2) is 7.82. The van der Waals surface area contributed by atoms with Gasteiger partial charge in [-0.2, -0.15) is 5.26 Å². The predicted molar refractivity (Wildman–Crippen MR) is 84.5 cm³/mol. The summed E-state index contributed by atoms with van der Waals surface area (Å²) in [5, 5.41) is 12.6. The van der Waals surface area contributed by atoms with Crippen LogP contribution in [0.25, 0.3) is 0 Å². The van der Waals surface area contributed by atoms with Crippen molar-refractivity contribution < 1.29 is 4.79 Å². The summed E-state index contributed by atoms with van der Waals surface area (Å²) in [4.78, 5) is 12.3. The lowest BCUT2D eigenvalue weighted by Crippen LogP contribution is -2.50. The largest absolute Gasteiger partial charge is 0.338 e. The van der Waals surface area contributed by atoms with E-state index >= 15 is 0 Å². The van der Waals surface area contributed by atoms with Crippen LogP contribution in [0.1, 0.15) is 84.0 Å². The van der Waals surface area contributed by atoms with Crippen LogP contribution in [0, 0.1) is 23.2 Å². The van der Waals surface area contributed by atoms with Crippen molar-refractivity contribution in [3.8, 4) is 6.07 Å². The normalized spacial score (nSPS) is 31.1. The number of amides is 1. The van der Waals surface area contributed by atoms with E-state index < -0.39 is 5.54 Å². The fourth-order valence-electron chi connectivity index (χ4n) is 3.99. The van der Waals surface area contributed by atoms with Gasteiger partial charge in [0.05, 0.1) is 6.07 Å². The van der Waals surface area contributed by atoms with E-state index in [9.17, 15) is 10.1 Å². The summed E-state index contributed by atoms with van der Waals surface area (Å²) in [5.41, 5.74) is -0.576. The molecule has 0 aromatic carbocycles. The van der Waals surface area contributed by atoms with Crippen molar-refractivity contribution in [2.45, 2.75) is 89.5 Å². The monoisotopic (exact) mass is 290 g/mol. The lowest BCUT2D eigenvalue weighted by molar-refractivity contribution is -0.123. The number of hydrogen-bond acceptors (Lipinski definition) is 2. The molecular formula is C18H30N2O. The zero-order valence-corrected chi connectivity index (χ0v) is 13.5. The van der Waals surface area contributed by atoms with Crippen LogP contribution < -0.4 is 5.32 Å². The molecular weight excluding hydrogens is 260 g/mol. The molecule has 0 unspecified atom stereocenters. The van der Waals surface area contributed by atoms with Crippen molar-refractivity contribution in [3.63, 3.8) is 0 Å². The van der Waals surface area contributed by atoms with Gasteiger partial charge in [-0.05, 0) is 50.4 Å². The summed E-state index contributed by atoms with van der Waals surface area (Å²) in [6, 6.07) is 2.41. The standard InChI is InChI=1S/C18H30N2O/c1-2-15-9-11-18(14-19,12-10-15)20-17(21)13-16-7-5-3-4-6-8-16/h15-16H,2-13H2,1H3,(H,20,21). The smallest absolute Gasteiger partial charge is 0.221 e. The zero-order valence-electron chi connectivity index (χ0n) is 13.5. The Hall–Kier alpha value is -1.04. The third-order valence-electron chi connectivity index (χ3n) is 5.58. The van der Waals surface area contributed by atoms with Gasteiger partial charge in [0, 0.05) is 6.42 Å². The third-order valence-corrected chi connectivity index (χ3v) is 5.58. The molecule has 1 amide bonds. The van der Waals surface area contributed by atoms with Crippen LogP contribution in [0.3, 0.4) is 0 Å². The van der Waals surface area contributed by atoms with Crippen LogP contribution >= 0.6 is 0 Å². The van der Waals surface area contributed by atoms with Gasteiger partial charge in [-0.1, -0.05) is 39.0 Å². The number of carbonyl (C=O) groups excluding carboxylic acids is 1. The predicted octanol–water partition coefficient (Wildman–Crippen LogP) is 4.33. The Kier molecular flexibility index (Phi) is 6.08. The Morgan fingerprint density at radius 3 is 2.24 bits per heavy atom. The molecule has 3 heteroatoms. The van der Waals surface area contributed by atoms with E-state index in [0.717, 1.165) is 31.6 Å². The molecule has 0 aliphatic heterocycles. The summed E-state index contributed by atoms with van der Waals surface area (Å²) in [5.74, 6) is 1.39. The number of nitrogens with one attached hydrogen (secondary N) is 1. The Morgan fingerprint density at radius 2 is 1.71 bits per heavy atom. The second-order valence-electron chi connectivity index (χ2n) is 7.16. The summed E-state index contributed by atoms with van der Waals surface area (Å²) < 4.78 is 0. The number of hydrogen-bond donors (Lipinski definition) is 1. The van der Waals surface area contributed by atoms with Gasteiger partial charge in [-0.25, -0.2) is 0 Å². The van der Waals surface area contributed by atoms with Crippen molar-refractivity contribution in [1.82, 2.24) is 5.32 Å². The highest BCUT2D eigenvalue weighted by atomic mass is 16.1. The quantitative estimate of drug-likeness (QED) is 0.784. The van der Waals surface area contributed by atoms with Crippen molar-refractivity contribution >= 4 is 5.91 Å². The van der Waals surface area contributed by atoms with Crippen LogP contribution in [0.2, 0.25) is 0 Å². The highest BCUT2D eigenvalue weighted by Gasteiger charge is 2.36. The Bertz CT molecular complexity index is 369. The highest BCUT2D eigenvalue weighted by Crippen LogP contribution is 2.34. The molecule has 3 nitrogen and oxygen atoms in total. The van der Waals surface area contributed by atoms with E-state index in [4.69, 9.17) is 0 Å². The Labute approximate surface area is 129 Å². The van der Waals surface area contributed by atoms with Gasteiger partial charge in [0.1, 0.15) is 5.54 Å². The van der Waals surface area contributed by atoms with Gasteiger partial charge in [0.15, 0.2) is 0 Å². The maximum atomic E-state index is 12.3. The average molecular weight is 290 g/mol. The minimum Gasteiger partial charge on any atom is -0.338 e. The molecule has 0 radical (unpaired) electrons. The fourth-order valence-corrected chi connectivity index (χ4v) is 3.99. The van der Waals surface area contributed by atoms with Crippen LogP contribution in [0.4, 0.5) is 0 Å². The van der Waals surface area contributed by atoms with Crippen LogP contribution in [0.15, 0.2) is 0 Å². The molecule has 0 heterocycles. The summed E-state index contributed by atoms with van der Waals surface area (Å²) in [6.07, 6.45) is 13.2. The van der Waals surface area contributed by atoms with Crippen molar-refractivity contribution in [1.29, 1.82) is 5.26 Å². The Balaban J connectivity index is 1.84. The SMILES string of the molecule is CCC1CCC(C#N)(NC(=O)CC2CCCCCC2)CC1. The maximum Gasteiger partial charge on any atom is 0.221 e. The molecule has 2 aliphatic rings. The first-order valence-corrected chi connectivity index (χ1v) is 8.89. The van der Waals surface area contributed by atoms with Gasteiger partial charge < -0.3 is 5.32 Å². The molecule has 1 N–H and O–H groups in total. The molecule has 2 fully saturated rings. The van der Waals surface area contributed by atoms with Crippen molar-refractivity contribution in [2.24, 2.45) is 11.8 Å². The minimum atomic E-state index is -0.576. The van der Waals surface area contributed by atoms with E-state index in [0.29, 0.717) is 12.3 Å². The molecule has 21 heavy (non-hydrogen) atoms.